The Morgan fingerprint density at radius 2 is 1.73 bits per heavy atom. The number of rotatable bonds is 4. The Balaban J connectivity index is 2.14. The predicted molar refractivity (Wildman–Crippen MR) is 87.8 cm³/mol. The van der Waals surface area contributed by atoms with Crippen molar-refractivity contribution in [1.29, 1.82) is 0 Å². The quantitative estimate of drug-likeness (QED) is 0.858. The average molecular weight is 300 g/mol. The number of nitrogens with zero attached hydrogens (tertiary/aromatic N) is 2. The zero-order valence-electron chi connectivity index (χ0n) is 14.2. The van der Waals surface area contributed by atoms with Crippen molar-refractivity contribution in [3.8, 4) is 5.75 Å². The molecule has 0 aliphatic rings. The molecule has 2 aromatic rings. The van der Waals surface area contributed by atoms with Gasteiger partial charge in [0.25, 0.3) is 5.91 Å². The van der Waals surface area contributed by atoms with Gasteiger partial charge in [-0.05, 0) is 62.4 Å². The Bertz CT molecular complexity index is 679. The van der Waals surface area contributed by atoms with E-state index in [9.17, 15) is 4.79 Å². The third-order valence-corrected chi connectivity index (χ3v) is 3.72. The summed E-state index contributed by atoms with van der Waals surface area (Å²) in [6.45, 7) is 12.1. The molecule has 0 saturated carbocycles. The van der Waals surface area contributed by atoms with Gasteiger partial charge < -0.3 is 4.74 Å². The second-order valence-corrected chi connectivity index (χ2v) is 6.16. The molecular weight excluding hydrogens is 276 g/mol. The smallest absolute Gasteiger partial charge is 0.284 e. The highest BCUT2D eigenvalue weighted by Crippen LogP contribution is 2.22. The molecule has 0 aliphatic carbocycles. The molecule has 22 heavy (non-hydrogen) atoms. The molecule has 4 nitrogen and oxygen atoms in total. The lowest BCUT2D eigenvalue weighted by Gasteiger charge is -2.09. The maximum Gasteiger partial charge on any atom is 0.284 e. The molecule has 118 valence electrons. The van der Waals surface area contributed by atoms with Crippen LogP contribution in [0, 0.1) is 27.7 Å². The number of hydrogen-bond acceptors (Lipinski definition) is 3. The molecule has 2 rings (SSSR count). The van der Waals surface area contributed by atoms with Crippen molar-refractivity contribution in [3.05, 3.63) is 46.3 Å². The molecule has 0 saturated heterocycles. The van der Waals surface area contributed by atoms with Gasteiger partial charge in [-0.15, -0.1) is 0 Å². The molecule has 0 radical (unpaired) electrons. The van der Waals surface area contributed by atoms with Gasteiger partial charge in [0.1, 0.15) is 5.75 Å². The Morgan fingerprint density at radius 3 is 2.23 bits per heavy atom. The van der Waals surface area contributed by atoms with E-state index in [4.69, 9.17) is 4.74 Å². The van der Waals surface area contributed by atoms with E-state index in [0.717, 1.165) is 33.8 Å². The van der Waals surface area contributed by atoms with Gasteiger partial charge in [-0.25, -0.2) is 4.68 Å². The lowest BCUT2D eigenvalue weighted by molar-refractivity contribution is 0.0818. The maximum absolute atomic E-state index is 12.4. The zero-order valence-corrected chi connectivity index (χ0v) is 14.2. The van der Waals surface area contributed by atoms with Gasteiger partial charge in [-0.2, -0.15) is 5.10 Å². The summed E-state index contributed by atoms with van der Waals surface area (Å²) in [6.07, 6.45) is 0. The van der Waals surface area contributed by atoms with Crippen LogP contribution < -0.4 is 4.74 Å². The minimum Gasteiger partial charge on any atom is -0.484 e. The third-order valence-electron chi connectivity index (χ3n) is 3.72. The first-order valence-corrected chi connectivity index (χ1v) is 7.60. The van der Waals surface area contributed by atoms with Crippen molar-refractivity contribution in [2.75, 3.05) is 6.61 Å². The third kappa shape index (κ3) is 3.38. The van der Waals surface area contributed by atoms with Crippen LogP contribution in [-0.4, -0.2) is 22.3 Å². The Morgan fingerprint density at radius 1 is 1.14 bits per heavy atom. The second kappa shape index (κ2) is 6.34. The van der Waals surface area contributed by atoms with E-state index in [1.165, 1.54) is 4.68 Å². The van der Waals surface area contributed by atoms with Crippen LogP contribution in [0.2, 0.25) is 0 Å². The first-order valence-electron chi connectivity index (χ1n) is 7.60. The molecule has 0 atom stereocenters. The molecule has 0 aliphatic heterocycles. The topological polar surface area (TPSA) is 44.1 Å². The van der Waals surface area contributed by atoms with Crippen molar-refractivity contribution >= 4 is 5.91 Å². The fourth-order valence-corrected chi connectivity index (χ4v) is 2.96. The average Bonchev–Trinajstić information content (AvgIpc) is 2.70. The maximum atomic E-state index is 12.4. The van der Waals surface area contributed by atoms with Crippen molar-refractivity contribution in [2.24, 2.45) is 0 Å². The summed E-state index contributed by atoms with van der Waals surface area (Å²) in [5.74, 6) is 0.921. The minimum absolute atomic E-state index is 0.0115. The minimum atomic E-state index is -0.147. The first-order chi connectivity index (χ1) is 10.3. The summed E-state index contributed by atoms with van der Waals surface area (Å²) in [7, 11) is 0. The van der Waals surface area contributed by atoms with E-state index in [1.54, 1.807) is 0 Å². The summed E-state index contributed by atoms with van der Waals surface area (Å²) in [6, 6.07) is 5.94. The standard InChI is InChI=1S/C18H24N2O2/c1-11(2)18-14(5)19-20(15(18)6)17(21)10-22-16-8-12(3)7-13(4)9-16/h7-9,11H,10H2,1-6H3. The van der Waals surface area contributed by atoms with E-state index in [0.29, 0.717) is 5.92 Å². The molecule has 0 N–H and O–H groups in total. The molecule has 1 aromatic heterocycles. The molecule has 4 heteroatoms. The van der Waals surface area contributed by atoms with Crippen LogP contribution in [0.3, 0.4) is 0 Å². The SMILES string of the molecule is Cc1cc(C)cc(OCC(=O)n2nc(C)c(C(C)C)c2C)c1. The Kier molecular flexibility index (Phi) is 4.69. The molecule has 0 spiro atoms. The van der Waals surface area contributed by atoms with Gasteiger partial charge in [0.05, 0.1) is 5.69 Å². The number of carbonyl (C=O) groups is 1. The number of aryl methyl sites for hydroxylation is 3. The highest BCUT2D eigenvalue weighted by Gasteiger charge is 2.18. The van der Waals surface area contributed by atoms with Gasteiger partial charge in [0.2, 0.25) is 0 Å². The summed E-state index contributed by atoms with van der Waals surface area (Å²) in [4.78, 5) is 12.4. The van der Waals surface area contributed by atoms with Crippen LogP contribution in [-0.2, 0) is 0 Å². The number of benzene rings is 1. The number of aromatic nitrogens is 2. The zero-order chi connectivity index (χ0) is 16.4. The van der Waals surface area contributed by atoms with Crippen molar-refractivity contribution in [1.82, 2.24) is 9.78 Å². The molecular formula is C18H24N2O2. The predicted octanol–water partition coefficient (Wildman–Crippen LogP) is 3.96. The van der Waals surface area contributed by atoms with Gasteiger partial charge >= 0.3 is 0 Å². The summed E-state index contributed by atoms with van der Waals surface area (Å²) in [5.41, 5.74) is 5.19. The summed E-state index contributed by atoms with van der Waals surface area (Å²) >= 11 is 0. The van der Waals surface area contributed by atoms with Crippen LogP contribution in [0.15, 0.2) is 18.2 Å². The largest absolute Gasteiger partial charge is 0.484 e. The number of ether oxygens (including phenoxy) is 1. The van der Waals surface area contributed by atoms with Gasteiger partial charge in [-0.3, -0.25) is 4.79 Å². The summed E-state index contributed by atoms with van der Waals surface area (Å²) in [5, 5.41) is 4.37. The van der Waals surface area contributed by atoms with Gasteiger partial charge in [-0.1, -0.05) is 19.9 Å². The normalized spacial score (nSPS) is 11.0. The van der Waals surface area contributed by atoms with Crippen LogP contribution in [0.1, 0.15) is 52.6 Å². The summed E-state index contributed by atoms with van der Waals surface area (Å²) < 4.78 is 7.10. The van der Waals surface area contributed by atoms with Crippen molar-refractivity contribution in [2.45, 2.75) is 47.5 Å². The van der Waals surface area contributed by atoms with Crippen molar-refractivity contribution in [3.63, 3.8) is 0 Å². The number of carbonyl (C=O) groups excluding carboxylic acids is 1. The first kappa shape index (κ1) is 16.3. The van der Waals surface area contributed by atoms with Crippen molar-refractivity contribution < 1.29 is 9.53 Å². The van der Waals surface area contributed by atoms with Gasteiger partial charge in [0.15, 0.2) is 6.61 Å². The van der Waals surface area contributed by atoms with E-state index in [1.807, 2.05) is 39.8 Å². The highest BCUT2D eigenvalue weighted by atomic mass is 16.5. The molecule has 0 unspecified atom stereocenters. The van der Waals surface area contributed by atoms with Gasteiger partial charge in [0, 0.05) is 5.69 Å². The van der Waals surface area contributed by atoms with E-state index in [2.05, 4.69) is 25.0 Å². The van der Waals surface area contributed by atoms with E-state index in [-0.39, 0.29) is 12.5 Å². The fraction of sp³-hybridized carbons (Fsp3) is 0.444. The lowest BCUT2D eigenvalue weighted by atomic mass is 10.0. The molecule has 1 heterocycles. The van der Waals surface area contributed by atoms with E-state index < -0.39 is 0 Å². The molecule has 0 fully saturated rings. The van der Waals surface area contributed by atoms with Crippen LogP contribution >= 0.6 is 0 Å². The lowest BCUT2D eigenvalue weighted by Crippen LogP contribution is -2.22. The molecule has 0 amide bonds. The highest BCUT2D eigenvalue weighted by molar-refractivity contribution is 5.80. The Labute approximate surface area is 132 Å². The fourth-order valence-electron chi connectivity index (χ4n) is 2.96. The second-order valence-electron chi connectivity index (χ2n) is 6.16. The monoisotopic (exact) mass is 300 g/mol. The molecule has 0 bridgehead atoms. The number of hydrogen-bond donors (Lipinski definition) is 0. The molecule has 1 aromatic carbocycles. The van der Waals surface area contributed by atoms with Crippen LogP contribution in [0.5, 0.6) is 5.75 Å². The van der Waals surface area contributed by atoms with E-state index >= 15 is 0 Å². The van der Waals surface area contributed by atoms with Crippen LogP contribution in [0.25, 0.3) is 0 Å². The Hall–Kier alpha value is -2.10. The van der Waals surface area contributed by atoms with Crippen LogP contribution in [0.4, 0.5) is 0 Å².